The summed E-state index contributed by atoms with van der Waals surface area (Å²) in [6.45, 7) is 8.22. The molecule has 1 aromatic carbocycles. The smallest absolute Gasteiger partial charge is 0.227 e. The number of rotatable bonds is 8. The highest BCUT2D eigenvalue weighted by Crippen LogP contribution is 2.43. The van der Waals surface area contributed by atoms with Crippen molar-refractivity contribution in [2.24, 2.45) is 7.05 Å². The van der Waals surface area contributed by atoms with Crippen molar-refractivity contribution >= 4 is 42.9 Å². The number of halogens is 2. The van der Waals surface area contributed by atoms with E-state index >= 15 is 0 Å². The monoisotopic (exact) mass is 455 g/mol. The maximum atomic E-state index is 12.6. The summed E-state index contributed by atoms with van der Waals surface area (Å²) in [5, 5.41) is 5.03. The number of nitrogens with zero attached hydrogens (tertiary/aromatic N) is 3. The molecule has 1 amide bonds. The summed E-state index contributed by atoms with van der Waals surface area (Å²) >= 11 is 12.8. The number of hydrogen-bond acceptors (Lipinski definition) is 4. The van der Waals surface area contributed by atoms with Crippen molar-refractivity contribution in [3.05, 3.63) is 40.1 Å². The van der Waals surface area contributed by atoms with E-state index in [1.807, 2.05) is 13.2 Å². The lowest BCUT2D eigenvalue weighted by molar-refractivity contribution is -0.117. The molecule has 0 saturated carbocycles. The van der Waals surface area contributed by atoms with Crippen LogP contribution in [0.25, 0.3) is 0 Å². The molecule has 158 valence electrons. The van der Waals surface area contributed by atoms with Gasteiger partial charge in [-0.15, -0.1) is 0 Å². The molecule has 2 heterocycles. The number of benzene rings is 1. The van der Waals surface area contributed by atoms with Crippen molar-refractivity contribution in [3.63, 3.8) is 0 Å². The number of aryl methyl sites for hydroxylation is 1. The fraction of sp³-hybridized carbons (Fsp3) is 0.500. The van der Waals surface area contributed by atoms with Gasteiger partial charge >= 0.3 is 0 Å². The molecule has 1 saturated heterocycles. The van der Waals surface area contributed by atoms with Gasteiger partial charge in [-0.2, -0.15) is 5.10 Å². The van der Waals surface area contributed by atoms with Gasteiger partial charge in [-0.1, -0.05) is 42.8 Å². The van der Waals surface area contributed by atoms with E-state index in [4.69, 9.17) is 32.7 Å². The first-order valence-corrected chi connectivity index (χ1v) is 14.1. The molecule has 6 nitrogen and oxygen atoms in total. The van der Waals surface area contributed by atoms with Gasteiger partial charge in [0.1, 0.15) is 5.75 Å². The fourth-order valence-corrected chi connectivity index (χ4v) is 4.53. The number of ether oxygens (including phenoxy) is 2. The second kappa shape index (κ2) is 9.08. The third-order valence-corrected chi connectivity index (χ3v) is 7.45. The summed E-state index contributed by atoms with van der Waals surface area (Å²) in [4.78, 5) is 14.3. The molecular weight excluding hydrogens is 429 g/mol. The number of carbonyl (C=O) groups is 1. The molecule has 0 bridgehead atoms. The van der Waals surface area contributed by atoms with E-state index in [2.05, 4.69) is 24.7 Å². The minimum atomic E-state index is -1.15. The van der Waals surface area contributed by atoms with Gasteiger partial charge in [0.05, 0.1) is 21.9 Å². The highest BCUT2D eigenvalue weighted by atomic mass is 35.5. The lowest BCUT2D eigenvalue weighted by atomic mass is 9.97. The predicted octanol–water partition coefficient (Wildman–Crippen LogP) is 4.94. The molecule has 0 aliphatic carbocycles. The average Bonchev–Trinajstić information content (AvgIpc) is 3.22. The quantitative estimate of drug-likeness (QED) is 0.321. The van der Waals surface area contributed by atoms with Crippen molar-refractivity contribution < 1.29 is 14.3 Å². The molecule has 0 spiro atoms. The van der Waals surface area contributed by atoms with Gasteiger partial charge in [-0.05, 0) is 18.2 Å². The van der Waals surface area contributed by atoms with Crippen LogP contribution in [0.5, 0.6) is 5.75 Å². The minimum Gasteiger partial charge on any atom is -0.467 e. The maximum absolute atomic E-state index is 12.6. The van der Waals surface area contributed by atoms with Crippen LogP contribution in [0.3, 0.4) is 0 Å². The van der Waals surface area contributed by atoms with Crippen molar-refractivity contribution in [1.82, 2.24) is 9.78 Å². The van der Waals surface area contributed by atoms with Crippen LogP contribution < -0.4 is 9.64 Å². The Labute approximate surface area is 182 Å². The number of hydrogen-bond donors (Lipinski definition) is 0. The Morgan fingerprint density at radius 2 is 2.03 bits per heavy atom. The fourth-order valence-electron chi connectivity index (χ4n) is 3.30. The minimum absolute atomic E-state index is 0.0244. The highest BCUT2D eigenvalue weighted by molar-refractivity contribution is 6.76. The van der Waals surface area contributed by atoms with Crippen molar-refractivity contribution in [2.75, 3.05) is 24.8 Å². The second-order valence-corrected chi connectivity index (χ2v) is 14.9. The SMILES string of the molecule is Cn1cc(N2CC(c3c(OCOCC[Si](C)(C)C)ccc(Cl)c3Cl)CC2=O)cn1. The zero-order chi connectivity index (χ0) is 21.2. The average molecular weight is 456 g/mol. The van der Waals surface area contributed by atoms with E-state index < -0.39 is 8.07 Å². The van der Waals surface area contributed by atoms with Gasteiger partial charge in [0.15, 0.2) is 6.79 Å². The molecule has 1 aromatic heterocycles. The standard InChI is InChI=1S/C20H27Cl2N3O3Si/c1-24-12-15(10-23-24)25-11-14(9-18(25)26)19-17(6-5-16(21)20(19)22)28-13-27-7-8-29(2,3)4/h5-6,10,12,14H,7-9,11,13H2,1-4H3. The van der Waals surface area contributed by atoms with E-state index in [0.717, 1.165) is 17.3 Å². The first-order chi connectivity index (χ1) is 13.7. The highest BCUT2D eigenvalue weighted by Gasteiger charge is 2.35. The Kier molecular flexibility index (Phi) is 6.93. The summed E-state index contributed by atoms with van der Waals surface area (Å²) in [5.74, 6) is 0.514. The van der Waals surface area contributed by atoms with Crippen LogP contribution in [0.1, 0.15) is 17.9 Å². The zero-order valence-corrected chi connectivity index (χ0v) is 19.8. The Bertz CT molecular complexity index is 882. The van der Waals surface area contributed by atoms with Crippen LogP contribution in [-0.2, 0) is 16.6 Å². The van der Waals surface area contributed by atoms with E-state index in [0.29, 0.717) is 35.4 Å². The molecule has 0 radical (unpaired) electrons. The van der Waals surface area contributed by atoms with Gasteiger partial charge in [0.25, 0.3) is 0 Å². The summed E-state index contributed by atoms with van der Waals surface area (Å²) in [6.07, 6.45) is 3.84. The van der Waals surface area contributed by atoms with Crippen LogP contribution in [-0.4, -0.2) is 43.7 Å². The lowest BCUT2D eigenvalue weighted by Gasteiger charge is -2.20. The molecule has 3 rings (SSSR count). The molecule has 1 aliphatic heterocycles. The van der Waals surface area contributed by atoms with Crippen molar-refractivity contribution in [1.29, 1.82) is 0 Å². The third-order valence-electron chi connectivity index (χ3n) is 4.92. The molecule has 9 heteroatoms. The normalized spacial score (nSPS) is 17.2. The summed E-state index contributed by atoms with van der Waals surface area (Å²) in [6, 6.07) is 4.57. The van der Waals surface area contributed by atoms with Crippen LogP contribution >= 0.6 is 23.2 Å². The van der Waals surface area contributed by atoms with Gasteiger partial charge in [0.2, 0.25) is 5.91 Å². The molecule has 1 atom stereocenters. The largest absolute Gasteiger partial charge is 0.467 e. The first-order valence-electron chi connectivity index (χ1n) is 9.63. The summed E-state index contributed by atoms with van der Waals surface area (Å²) in [5.41, 5.74) is 1.53. The lowest BCUT2D eigenvalue weighted by Crippen LogP contribution is -2.24. The van der Waals surface area contributed by atoms with Gasteiger partial charge in [-0.25, -0.2) is 0 Å². The zero-order valence-electron chi connectivity index (χ0n) is 17.2. The number of aromatic nitrogens is 2. The predicted molar refractivity (Wildman–Crippen MR) is 119 cm³/mol. The summed E-state index contributed by atoms with van der Waals surface area (Å²) < 4.78 is 13.2. The molecule has 1 aliphatic rings. The molecular formula is C20H27Cl2N3O3Si. The number of amides is 1. The van der Waals surface area contributed by atoms with Crippen molar-refractivity contribution in [2.45, 2.75) is 38.0 Å². The van der Waals surface area contributed by atoms with Gasteiger partial charge in [0, 0.05) is 52.4 Å². The molecule has 2 aromatic rings. The number of anilines is 1. The van der Waals surface area contributed by atoms with E-state index in [9.17, 15) is 4.79 Å². The van der Waals surface area contributed by atoms with E-state index in [1.165, 1.54) is 0 Å². The maximum Gasteiger partial charge on any atom is 0.227 e. The van der Waals surface area contributed by atoms with Gasteiger partial charge < -0.3 is 14.4 Å². The Balaban J connectivity index is 1.73. The van der Waals surface area contributed by atoms with Crippen LogP contribution in [0.2, 0.25) is 35.7 Å². The molecule has 0 N–H and O–H groups in total. The third kappa shape index (κ3) is 5.54. The Morgan fingerprint density at radius 3 is 2.69 bits per heavy atom. The Hall–Kier alpha value is -1.54. The second-order valence-electron chi connectivity index (χ2n) is 8.53. The van der Waals surface area contributed by atoms with E-state index in [1.54, 1.807) is 27.9 Å². The van der Waals surface area contributed by atoms with Crippen LogP contribution in [0.4, 0.5) is 5.69 Å². The molecule has 1 fully saturated rings. The Morgan fingerprint density at radius 1 is 1.28 bits per heavy atom. The number of carbonyl (C=O) groups excluding carboxylic acids is 1. The molecule has 1 unspecified atom stereocenters. The van der Waals surface area contributed by atoms with E-state index in [-0.39, 0.29) is 18.6 Å². The van der Waals surface area contributed by atoms with Gasteiger partial charge in [-0.3, -0.25) is 9.48 Å². The van der Waals surface area contributed by atoms with Crippen molar-refractivity contribution in [3.8, 4) is 5.75 Å². The first kappa shape index (κ1) is 22.1. The van der Waals surface area contributed by atoms with Crippen LogP contribution in [0.15, 0.2) is 24.5 Å². The summed E-state index contributed by atoms with van der Waals surface area (Å²) in [7, 11) is 0.673. The topological polar surface area (TPSA) is 56.6 Å². The molecule has 29 heavy (non-hydrogen) atoms. The van der Waals surface area contributed by atoms with Crippen LogP contribution in [0, 0.1) is 0 Å².